The Bertz CT molecular complexity index is 754. The Morgan fingerprint density at radius 3 is 3.04 bits per heavy atom. The highest BCUT2D eigenvalue weighted by atomic mass is 35.5. The third kappa shape index (κ3) is 2.80. The molecule has 0 atom stereocenters. The van der Waals surface area contributed by atoms with Crippen LogP contribution >= 0.6 is 11.6 Å². The predicted octanol–water partition coefficient (Wildman–Crippen LogP) is 2.43. The second kappa shape index (κ2) is 5.86. The molecule has 0 amide bonds. The second-order valence-corrected chi connectivity index (χ2v) is 6.04. The maximum Gasteiger partial charge on any atom is 0.233 e. The molecule has 0 aliphatic carbocycles. The van der Waals surface area contributed by atoms with Crippen LogP contribution in [-0.4, -0.2) is 35.5 Å². The van der Waals surface area contributed by atoms with E-state index in [4.69, 9.17) is 25.8 Å². The molecule has 23 heavy (non-hydrogen) atoms. The first kappa shape index (κ1) is 14.5. The van der Waals surface area contributed by atoms with Gasteiger partial charge in [-0.25, -0.2) is 0 Å². The Morgan fingerprint density at radius 2 is 2.17 bits per heavy atom. The molecule has 0 bridgehead atoms. The molecule has 3 heterocycles. The lowest BCUT2D eigenvalue weighted by molar-refractivity contribution is 0.174. The number of hydrogen-bond donors (Lipinski definition) is 0. The van der Waals surface area contributed by atoms with Gasteiger partial charge >= 0.3 is 0 Å². The first-order chi connectivity index (χ1) is 11.2. The van der Waals surface area contributed by atoms with E-state index in [0.717, 1.165) is 48.6 Å². The minimum atomic E-state index is 0.230. The highest BCUT2D eigenvalue weighted by Gasteiger charge is 2.22. The lowest BCUT2D eigenvalue weighted by Crippen LogP contribution is -2.30. The van der Waals surface area contributed by atoms with Crippen molar-refractivity contribution in [3.05, 3.63) is 40.0 Å². The number of methoxy groups -OCH3 is 1. The molecule has 0 unspecified atom stereocenters. The van der Waals surface area contributed by atoms with E-state index in [2.05, 4.69) is 15.1 Å². The van der Waals surface area contributed by atoms with Crippen LogP contribution in [0.25, 0.3) is 0 Å². The summed E-state index contributed by atoms with van der Waals surface area (Å²) in [6, 6.07) is 5.90. The van der Waals surface area contributed by atoms with Gasteiger partial charge in [-0.3, -0.25) is 4.90 Å². The molecule has 2 aliphatic heterocycles. The van der Waals surface area contributed by atoms with E-state index in [9.17, 15) is 0 Å². The summed E-state index contributed by atoms with van der Waals surface area (Å²) in [7, 11) is 1.60. The molecule has 0 saturated heterocycles. The molecular formula is C16H16ClN3O3. The highest BCUT2D eigenvalue weighted by molar-refractivity contribution is 6.32. The first-order valence-electron chi connectivity index (χ1n) is 7.43. The van der Waals surface area contributed by atoms with Crippen molar-refractivity contribution in [2.24, 2.45) is 0 Å². The van der Waals surface area contributed by atoms with Gasteiger partial charge in [0.15, 0.2) is 11.5 Å². The summed E-state index contributed by atoms with van der Waals surface area (Å²) in [6.45, 7) is 2.77. The molecule has 1 aromatic heterocycles. The van der Waals surface area contributed by atoms with E-state index in [0.29, 0.717) is 16.7 Å². The van der Waals surface area contributed by atoms with Crippen LogP contribution in [-0.2, 0) is 19.5 Å². The molecule has 0 fully saturated rings. The van der Waals surface area contributed by atoms with Crippen LogP contribution < -0.4 is 14.2 Å². The van der Waals surface area contributed by atoms with Crippen molar-refractivity contribution in [2.75, 3.05) is 20.4 Å². The van der Waals surface area contributed by atoms with Gasteiger partial charge in [0.25, 0.3) is 0 Å². The zero-order chi connectivity index (χ0) is 15.8. The number of benzene rings is 1. The van der Waals surface area contributed by atoms with Crippen LogP contribution in [0, 0.1) is 0 Å². The number of aromatic nitrogens is 2. The molecule has 2 aliphatic rings. The average molecular weight is 334 g/mol. The van der Waals surface area contributed by atoms with Crippen molar-refractivity contribution in [2.45, 2.75) is 19.5 Å². The lowest BCUT2D eigenvalue weighted by Gasteiger charge is -2.28. The Hall–Kier alpha value is -2.05. The average Bonchev–Trinajstić information content (AvgIpc) is 3.03. The van der Waals surface area contributed by atoms with E-state index in [1.807, 2.05) is 18.2 Å². The summed E-state index contributed by atoms with van der Waals surface area (Å²) in [5.74, 6) is 1.91. The molecule has 2 aromatic rings. The van der Waals surface area contributed by atoms with Gasteiger partial charge in [0.1, 0.15) is 0 Å². The first-order valence-corrected chi connectivity index (χ1v) is 7.80. The molecule has 0 spiro atoms. The molecule has 1 aromatic carbocycles. The van der Waals surface area contributed by atoms with Gasteiger partial charge in [0.2, 0.25) is 12.7 Å². The van der Waals surface area contributed by atoms with E-state index in [1.54, 1.807) is 7.11 Å². The molecule has 6 nitrogen and oxygen atoms in total. The van der Waals surface area contributed by atoms with Crippen molar-refractivity contribution in [1.82, 2.24) is 15.1 Å². The number of halogens is 1. The van der Waals surface area contributed by atoms with Crippen LogP contribution in [0.2, 0.25) is 5.02 Å². The van der Waals surface area contributed by atoms with Crippen molar-refractivity contribution < 1.29 is 14.2 Å². The van der Waals surface area contributed by atoms with E-state index in [1.165, 1.54) is 0 Å². The number of rotatable bonds is 3. The van der Waals surface area contributed by atoms with Crippen LogP contribution in [0.1, 0.15) is 16.8 Å². The van der Waals surface area contributed by atoms with Crippen molar-refractivity contribution >= 4 is 11.6 Å². The zero-order valence-electron chi connectivity index (χ0n) is 12.7. The fourth-order valence-corrected chi connectivity index (χ4v) is 3.26. The summed E-state index contributed by atoms with van der Waals surface area (Å²) in [5, 5.41) is 8.86. The van der Waals surface area contributed by atoms with Gasteiger partial charge in [-0.1, -0.05) is 11.6 Å². The molecule has 0 radical (unpaired) electrons. The van der Waals surface area contributed by atoms with E-state index >= 15 is 0 Å². The summed E-state index contributed by atoms with van der Waals surface area (Å²) >= 11 is 6.25. The normalized spacial score (nSPS) is 16.3. The lowest BCUT2D eigenvalue weighted by atomic mass is 10.1. The molecule has 4 rings (SSSR count). The topological polar surface area (TPSA) is 56.7 Å². The maximum absolute atomic E-state index is 6.25. The molecule has 0 saturated carbocycles. The number of ether oxygens (including phenoxy) is 3. The van der Waals surface area contributed by atoms with Crippen LogP contribution in [0.5, 0.6) is 17.4 Å². The molecular weight excluding hydrogens is 318 g/mol. The van der Waals surface area contributed by atoms with Gasteiger partial charge in [-0.05, 0) is 23.3 Å². The smallest absolute Gasteiger partial charge is 0.233 e. The van der Waals surface area contributed by atoms with Gasteiger partial charge in [-0.2, -0.15) is 5.10 Å². The fraction of sp³-hybridized carbons (Fsp3) is 0.375. The Morgan fingerprint density at radius 1 is 1.26 bits per heavy atom. The van der Waals surface area contributed by atoms with Gasteiger partial charge in [0.05, 0.1) is 17.8 Å². The minimum absolute atomic E-state index is 0.230. The monoisotopic (exact) mass is 333 g/mol. The summed E-state index contributed by atoms with van der Waals surface area (Å²) in [5.41, 5.74) is 3.32. The predicted molar refractivity (Wildman–Crippen MR) is 84.0 cm³/mol. The summed E-state index contributed by atoms with van der Waals surface area (Å²) < 4.78 is 15.9. The zero-order valence-corrected chi connectivity index (χ0v) is 13.5. The SMILES string of the molecule is COc1cc2c(nn1)CCN(Cc1cc(Cl)c3c(c1)OCO3)C2. The Labute approximate surface area is 138 Å². The van der Waals surface area contributed by atoms with Crippen molar-refractivity contribution in [3.63, 3.8) is 0 Å². The summed E-state index contributed by atoms with van der Waals surface area (Å²) in [6.07, 6.45) is 0.880. The Balaban J connectivity index is 1.53. The molecule has 120 valence electrons. The quantitative estimate of drug-likeness (QED) is 0.860. The third-order valence-electron chi connectivity index (χ3n) is 4.10. The largest absolute Gasteiger partial charge is 0.480 e. The fourth-order valence-electron chi connectivity index (χ4n) is 2.97. The van der Waals surface area contributed by atoms with Crippen LogP contribution in [0.15, 0.2) is 18.2 Å². The standard InChI is InChI=1S/C16H16ClN3O3/c1-21-15-6-11-8-20(3-2-13(11)18-19-15)7-10-4-12(17)16-14(5-10)22-9-23-16/h4-6H,2-3,7-9H2,1H3. The van der Waals surface area contributed by atoms with Crippen molar-refractivity contribution in [1.29, 1.82) is 0 Å². The van der Waals surface area contributed by atoms with E-state index < -0.39 is 0 Å². The summed E-state index contributed by atoms with van der Waals surface area (Å²) in [4.78, 5) is 2.34. The van der Waals surface area contributed by atoms with Crippen LogP contribution in [0.3, 0.4) is 0 Å². The minimum Gasteiger partial charge on any atom is -0.480 e. The van der Waals surface area contributed by atoms with Gasteiger partial charge in [0, 0.05) is 32.1 Å². The number of fused-ring (bicyclic) bond motifs is 2. The highest BCUT2D eigenvalue weighted by Crippen LogP contribution is 2.40. The maximum atomic E-state index is 6.25. The second-order valence-electron chi connectivity index (χ2n) is 5.63. The number of hydrogen-bond acceptors (Lipinski definition) is 6. The van der Waals surface area contributed by atoms with Gasteiger partial charge in [-0.15, -0.1) is 5.10 Å². The van der Waals surface area contributed by atoms with E-state index in [-0.39, 0.29) is 6.79 Å². The number of nitrogens with zero attached hydrogens (tertiary/aromatic N) is 3. The van der Waals surface area contributed by atoms with Crippen LogP contribution in [0.4, 0.5) is 0 Å². The third-order valence-corrected chi connectivity index (χ3v) is 4.38. The molecule has 7 heteroatoms. The van der Waals surface area contributed by atoms with Gasteiger partial charge < -0.3 is 14.2 Å². The molecule has 0 N–H and O–H groups in total. The van der Waals surface area contributed by atoms with Crippen molar-refractivity contribution in [3.8, 4) is 17.4 Å². The Kier molecular flexibility index (Phi) is 3.71.